The summed E-state index contributed by atoms with van der Waals surface area (Å²) in [6.45, 7) is 4.64. The van der Waals surface area contributed by atoms with Crippen molar-refractivity contribution < 1.29 is 4.79 Å². The molecule has 1 unspecified atom stereocenters. The summed E-state index contributed by atoms with van der Waals surface area (Å²) >= 11 is 0. The molecule has 1 aliphatic rings. The number of rotatable bonds is 7. The summed E-state index contributed by atoms with van der Waals surface area (Å²) in [5.41, 5.74) is 2.38. The van der Waals surface area contributed by atoms with Gasteiger partial charge in [-0.25, -0.2) is 0 Å². The minimum absolute atomic E-state index is 0.135. The molecule has 4 rings (SSSR count). The zero-order valence-electron chi connectivity index (χ0n) is 17.4. The van der Waals surface area contributed by atoms with Gasteiger partial charge in [0.2, 0.25) is 0 Å². The lowest BCUT2D eigenvalue weighted by Crippen LogP contribution is -2.40. The highest BCUT2D eigenvalue weighted by Crippen LogP contribution is 2.21. The second-order valence-corrected chi connectivity index (χ2v) is 7.91. The largest absolute Gasteiger partial charge is 0.339 e. The van der Waals surface area contributed by atoms with Gasteiger partial charge >= 0.3 is 0 Å². The van der Waals surface area contributed by atoms with Crippen molar-refractivity contribution >= 4 is 5.91 Å². The van der Waals surface area contributed by atoms with E-state index in [4.69, 9.17) is 0 Å². The SMILES string of the molecule is O=C(C(c1ccccc1)n1cccn1)N1CCCN(CCCc2ccccc2)CC1. The summed E-state index contributed by atoms with van der Waals surface area (Å²) in [4.78, 5) is 18.0. The van der Waals surface area contributed by atoms with E-state index in [2.05, 4.69) is 40.3 Å². The summed E-state index contributed by atoms with van der Waals surface area (Å²) in [5.74, 6) is 0.135. The predicted octanol–water partition coefficient (Wildman–Crippen LogP) is 3.64. The first-order valence-electron chi connectivity index (χ1n) is 10.9. The van der Waals surface area contributed by atoms with Crippen LogP contribution in [0.5, 0.6) is 0 Å². The number of hydrogen-bond acceptors (Lipinski definition) is 3. The van der Waals surface area contributed by atoms with Crippen LogP contribution in [-0.4, -0.2) is 58.2 Å². The average Bonchev–Trinajstić information content (AvgIpc) is 3.20. The van der Waals surface area contributed by atoms with Crippen molar-refractivity contribution in [2.75, 3.05) is 32.7 Å². The average molecular weight is 403 g/mol. The number of hydrogen-bond donors (Lipinski definition) is 0. The Balaban J connectivity index is 1.36. The number of amides is 1. The van der Waals surface area contributed by atoms with Gasteiger partial charge in [-0.15, -0.1) is 0 Å². The molecule has 1 amide bonds. The monoisotopic (exact) mass is 402 g/mol. The molecule has 156 valence electrons. The van der Waals surface area contributed by atoms with Gasteiger partial charge in [-0.05, 0) is 49.5 Å². The number of carbonyl (C=O) groups excluding carboxylic acids is 1. The van der Waals surface area contributed by atoms with E-state index < -0.39 is 6.04 Å². The van der Waals surface area contributed by atoms with E-state index in [9.17, 15) is 4.79 Å². The van der Waals surface area contributed by atoms with E-state index in [1.165, 1.54) is 5.56 Å². The normalized spacial score (nSPS) is 16.2. The highest BCUT2D eigenvalue weighted by atomic mass is 16.2. The summed E-state index contributed by atoms with van der Waals surface area (Å²) < 4.78 is 1.78. The maximum Gasteiger partial charge on any atom is 0.252 e. The third kappa shape index (κ3) is 5.16. The second-order valence-electron chi connectivity index (χ2n) is 7.91. The van der Waals surface area contributed by atoms with Gasteiger partial charge in [-0.1, -0.05) is 60.7 Å². The van der Waals surface area contributed by atoms with Crippen molar-refractivity contribution in [2.45, 2.75) is 25.3 Å². The van der Waals surface area contributed by atoms with Crippen LogP contribution >= 0.6 is 0 Å². The fraction of sp³-hybridized carbons (Fsp3) is 0.360. The topological polar surface area (TPSA) is 41.4 Å². The fourth-order valence-electron chi connectivity index (χ4n) is 4.22. The summed E-state index contributed by atoms with van der Waals surface area (Å²) in [6.07, 6.45) is 6.88. The molecule has 0 bridgehead atoms. The van der Waals surface area contributed by atoms with Gasteiger partial charge in [-0.2, -0.15) is 5.10 Å². The fourth-order valence-corrected chi connectivity index (χ4v) is 4.22. The Kier molecular flexibility index (Phi) is 6.93. The number of aryl methyl sites for hydroxylation is 1. The van der Waals surface area contributed by atoms with E-state index in [1.54, 1.807) is 10.9 Å². The molecule has 0 spiro atoms. The van der Waals surface area contributed by atoms with Crippen LogP contribution in [0.15, 0.2) is 79.1 Å². The molecule has 1 fully saturated rings. The van der Waals surface area contributed by atoms with Crippen molar-refractivity contribution in [2.24, 2.45) is 0 Å². The van der Waals surface area contributed by atoms with Crippen molar-refractivity contribution in [1.82, 2.24) is 19.6 Å². The summed E-state index contributed by atoms with van der Waals surface area (Å²) in [5, 5.41) is 4.38. The molecule has 1 aromatic heterocycles. The Bertz CT molecular complexity index is 895. The van der Waals surface area contributed by atoms with Crippen LogP contribution in [0.4, 0.5) is 0 Å². The molecule has 3 aromatic rings. The molecule has 0 N–H and O–H groups in total. The van der Waals surface area contributed by atoms with Crippen molar-refractivity contribution in [3.05, 3.63) is 90.3 Å². The summed E-state index contributed by atoms with van der Waals surface area (Å²) in [6, 6.07) is 22.1. The lowest BCUT2D eigenvalue weighted by atomic mass is 10.1. The van der Waals surface area contributed by atoms with Gasteiger partial charge in [-0.3, -0.25) is 9.48 Å². The molecule has 1 atom stereocenters. The van der Waals surface area contributed by atoms with Crippen LogP contribution < -0.4 is 0 Å². The molecule has 5 heteroatoms. The third-order valence-corrected chi connectivity index (χ3v) is 5.82. The van der Waals surface area contributed by atoms with Gasteiger partial charge in [0.1, 0.15) is 0 Å². The Hall–Kier alpha value is -2.92. The standard InChI is InChI=1S/C25H30N4O/c30-25(24(29-19-8-15-26-29)23-13-5-2-6-14-23)28-18-9-17-27(20-21-28)16-7-12-22-10-3-1-4-11-22/h1-6,8,10-11,13-15,19,24H,7,9,12,16-18,20-21H2. The maximum absolute atomic E-state index is 13.5. The van der Waals surface area contributed by atoms with Crippen LogP contribution in [0.3, 0.4) is 0 Å². The molecule has 1 saturated heterocycles. The van der Waals surface area contributed by atoms with Gasteiger partial charge in [0, 0.05) is 32.0 Å². The van der Waals surface area contributed by atoms with Crippen molar-refractivity contribution in [3.63, 3.8) is 0 Å². The first-order valence-corrected chi connectivity index (χ1v) is 10.9. The molecule has 2 heterocycles. The molecular formula is C25H30N4O. The maximum atomic E-state index is 13.5. The lowest BCUT2D eigenvalue weighted by Gasteiger charge is -2.27. The quantitative estimate of drug-likeness (QED) is 0.606. The van der Waals surface area contributed by atoms with Crippen molar-refractivity contribution in [1.29, 1.82) is 0 Å². The van der Waals surface area contributed by atoms with E-state index in [1.807, 2.05) is 47.5 Å². The predicted molar refractivity (Wildman–Crippen MR) is 119 cm³/mol. The smallest absolute Gasteiger partial charge is 0.252 e. The highest BCUT2D eigenvalue weighted by molar-refractivity contribution is 5.83. The number of aromatic nitrogens is 2. The minimum Gasteiger partial charge on any atom is -0.339 e. The van der Waals surface area contributed by atoms with E-state index in [-0.39, 0.29) is 5.91 Å². The molecule has 1 aliphatic heterocycles. The minimum atomic E-state index is -0.397. The van der Waals surface area contributed by atoms with Crippen LogP contribution in [0.2, 0.25) is 0 Å². The number of benzene rings is 2. The lowest BCUT2D eigenvalue weighted by molar-refractivity contribution is -0.133. The third-order valence-electron chi connectivity index (χ3n) is 5.82. The van der Waals surface area contributed by atoms with E-state index in [0.717, 1.165) is 57.5 Å². The molecule has 0 radical (unpaired) electrons. The van der Waals surface area contributed by atoms with Crippen LogP contribution in [0.25, 0.3) is 0 Å². The molecule has 30 heavy (non-hydrogen) atoms. The second kappa shape index (κ2) is 10.2. The summed E-state index contributed by atoms with van der Waals surface area (Å²) in [7, 11) is 0. The van der Waals surface area contributed by atoms with Gasteiger partial charge < -0.3 is 9.80 Å². The Labute approximate surface area is 178 Å². The Morgan fingerprint density at radius 3 is 2.40 bits per heavy atom. The number of carbonyl (C=O) groups is 1. The zero-order chi connectivity index (χ0) is 20.6. The first kappa shape index (κ1) is 20.4. The molecular weight excluding hydrogens is 372 g/mol. The van der Waals surface area contributed by atoms with E-state index in [0.29, 0.717) is 0 Å². The van der Waals surface area contributed by atoms with Gasteiger partial charge in [0.05, 0.1) is 0 Å². The molecule has 2 aromatic carbocycles. The molecule has 5 nitrogen and oxygen atoms in total. The highest BCUT2D eigenvalue weighted by Gasteiger charge is 2.29. The van der Waals surface area contributed by atoms with Gasteiger partial charge in [0.15, 0.2) is 6.04 Å². The van der Waals surface area contributed by atoms with Gasteiger partial charge in [0.25, 0.3) is 5.91 Å². The first-order chi connectivity index (χ1) is 14.8. The molecule has 0 aliphatic carbocycles. The van der Waals surface area contributed by atoms with Crippen LogP contribution in [-0.2, 0) is 11.2 Å². The van der Waals surface area contributed by atoms with Crippen LogP contribution in [0.1, 0.15) is 30.0 Å². The van der Waals surface area contributed by atoms with Crippen molar-refractivity contribution in [3.8, 4) is 0 Å². The Morgan fingerprint density at radius 2 is 1.67 bits per heavy atom. The molecule has 0 saturated carbocycles. The van der Waals surface area contributed by atoms with Crippen LogP contribution in [0, 0.1) is 0 Å². The number of nitrogens with zero attached hydrogens (tertiary/aromatic N) is 4. The zero-order valence-corrected chi connectivity index (χ0v) is 17.4. The van der Waals surface area contributed by atoms with E-state index >= 15 is 0 Å². The Morgan fingerprint density at radius 1 is 0.900 bits per heavy atom.